The van der Waals surface area contributed by atoms with E-state index in [0.29, 0.717) is 12.2 Å². The number of fused-ring (bicyclic) bond motifs is 1. The van der Waals surface area contributed by atoms with Crippen LogP contribution in [0.2, 0.25) is 0 Å². The van der Waals surface area contributed by atoms with Crippen LogP contribution in [0.25, 0.3) is 11.3 Å². The highest BCUT2D eigenvalue weighted by molar-refractivity contribution is 5.93. The molecule has 1 unspecified atom stereocenters. The van der Waals surface area contributed by atoms with Crippen LogP contribution in [0.4, 0.5) is 0 Å². The topological polar surface area (TPSA) is 53.9 Å². The average Bonchev–Trinajstić information content (AvgIpc) is 3.25. The zero-order chi connectivity index (χ0) is 15.8. The lowest BCUT2D eigenvalue weighted by atomic mass is 10.1. The quantitative estimate of drug-likeness (QED) is 0.791. The Morgan fingerprint density at radius 2 is 2.00 bits per heavy atom. The van der Waals surface area contributed by atoms with Crippen LogP contribution in [0.1, 0.15) is 29.1 Å². The molecule has 1 N–H and O–H groups in total. The van der Waals surface area contributed by atoms with E-state index < -0.39 is 0 Å². The number of aromatic nitrogens is 3. The molecule has 0 radical (unpaired) electrons. The molecule has 4 rings (SSSR count). The second kappa shape index (κ2) is 5.43. The number of benzene rings is 1. The Bertz CT molecular complexity index is 834. The molecule has 0 bridgehead atoms. The lowest BCUT2D eigenvalue weighted by Crippen LogP contribution is -2.40. The highest BCUT2D eigenvalue weighted by Gasteiger charge is 2.29. The molecule has 1 aromatic carbocycles. The number of carbonyl (C=O) groups excluding carboxylic acids is 1. The Labute approximate surface area is 134 Å². The third-order valence-electron chi connectivity index (χ3n) is 4.48. The first-order valence-electron chi connectivity index (χ1n) is 7.81. The molecule has 3 heterocycles. The second-order valence-electron chi connectivity index (χ2n) is 5.83. The van der Waals surface area contributed by atoms with E-state index in [0.717, 1.165) is 17.8 Å². The van der Waals surface area contributed by atoms with Gasteiger partial charge in [0.1, 0.15) is 5.69 Å². The van der Waals surface area contributed by atoms with Gasteiger partial charge in [-0.3, -0.25) is 9.89 Å². The van der Waals surface area contributed by atoms with E-state index in [1.807, 2.05) is 47.4 Å². The average molecular weight is 306 g/mol. The zero-order valence-electron chi connectivity index (χ0n) is 12.9. The van der Waals surface area contributed by atoms with Crippen LogP contribution in [0.5, 0.6) is 0 Å². The number of H-pyrrole nitrogens is 1. The molecule has 0 aliphatic carbocycles. The Morgan fingerprint density at radius 1 is 1.17 bits per heavy atom. The van der Waals surface area contributed by atoms with Gasteiger partial charge in [-0.05, 0) is 25.1 Å². The molecule has 0 saturated carbocycles. The smallest absolute Gasteiger partial charge is 0.272 e. The number of hydrogen-bond donors (Lipinski definition) is 1. The van der Waals surface area contributed by atoms with E-state index in [2.05, 4.69) is 34.0 Å². The third kappa shape index (κ3) is 2.34. The van der Waals surface area contributed by atoms with E-state index in [-0.39, 0.29) is 11.9 Å². The summed E-state index contributed by atoms with van der Waals surface area (Å²) in [6.45, 7) is 3.61. The molecule has 5 heteroatoms. The second-order valence-corrected chi connectivity index (χ2v) is 5.83. The number of nitrogens with one attached hydrogen (secondary N) is 1. The number of rotatable bonds is 2. The molecule has 1 amide bonds. The largest absolute Gasteiger partial charge is 0.348 e. The summed E-state index contributed by atoms with van der Waals surface area (Å²) in [4.78, 5) is 14.7. The van der Waals surface area contributed by atoms with Crippen LogP contribution < -0.4 is 0 Å². The third-order valence-corrected chi connectivity index (χ3v) is 4.48. The van der Waals surface area contributed by atoms with Crippen molar-refractivity contribution < 1.29 is 4.79 Å². The van der Waals surface area contributed by atoms with Gasteiger partial charge in [0.05, 0.1) is 11.7 Å². The Balaban J connectivity index is 1.60. The van der Waals surface area contributed by atoms with Crippen LogP contribution in [-0.2, 0) is 6.54 Å². The molecule has 0 saturated heterocycles. The van der Waals surface area contributed by atoms with Gasteiger partial charge in [0.2, 0.25) is 0 Å². The van der Waals surface area contributed by atoms with Gasteiger partial charge in [0.25, 0.3) is 5.91 Å². The van der Waals surface area contributed by atoms with Crippen molar-refractivity contribution >= 4 is 5.91 Å². The van der Waals surface area contributed by atoms with Crippen molar-refractivity contribution in [3.8, 4) is 11.3 Å². The molecule has 3 aromatic rings. The maximum absolute atomic E-state index is 12.8. The van der Waals surface area contributed by atoms with E-state index in [1.165, 1.54) is 5.69 Å². The van der Waals surface area contributed by atoms with Gasteiger partial charge in [-0.1, -0.05) is 30.3 Å². The van der Waals surface area contributed by atoms with Crippen LogP contribution in [0.3, 0.4) is 0 Å². The van der Waals surface area contributed by atoms with Crippen molar-refractivity contribution in [2.75, 3.05) is 6.54 Å². The van der Waals surface area contributed by atoms with Crippen LogP contribution in [0, 0.1) is 0 Å². The fourth-order valence-corrected chi connectivity index (χ4v) is 3.20. The van der Waals surface area contributed by atoms with Gasteiger partial charge in [-0.15, -0.1) is 0 Å². The molecule has 1 aliphatic heterocycles. The fourth-order valence-electron chi connectivity index (χ4n) is 3.20. The first kappa shape index (κ1) is 13.8. The first-order valence-corrected chi connectivity index (χ1v) is 7.81. The number of carbonyl (C=O) groups is 1. The Hall–Kier alpha value is -2.82. The van der Waals surface area contributed by atoms with Gasteiger partial charge in [0.15, 0.2) is 0 Å². The number of nitrogens with zero attached hydrogens (tertiary/aromatic N) is 3. The van der Waals surface area contributed by atoms with Gasteiger partial charge < -0.3 is 9.47 Å². The molecule has 5 nitrogen and oxygen atoms in total. The first-order chi connectivity index (χ1) is 11.2. The summed E-state index contributed by atoms with van der Waals surface area (Å²) < 4.78 is 2.21. The molecule has 0 fully saturated rings. The van der Waals surface area contributed by atoms with Gasteiger partial charge in [0, 0.05) is 30.5 Å². The highest BCUT2D eigenvalue weighted by atomic mass is 16.2. The van der Waals surface area contributed by atoms with Crippen molar-refractivity contribution in [3.63, 3.8) is 0 Å². The molecule has 116 valence electrons. The van der Waals surface area contributed by atoms with E-state index in [9.17, 15) is 4.79 Å². The summed E-state index contributed by atoms with van der Waals surface area (Å²) in [5.41, 5.74) is 3.51. The molecule has 23 heavy (non-hydrogen) atoms. The Kier molecular flexibility index (Phi) is 3.26. The maximum Gasteiger partial charge on any atom is 0.272 e. The summed E-state index contributed by atoms with van der Waals surface area (Å²) >= 11 is 0. The van der Waals surface area contributed by atoms with E-state index >= 15 is 0 Å². The van der Waals surface area contributed by atoms with Crippen molar-refractivity contribution in [2.24, 2.45) is 0 Å². The number of amides is 1. The lowest BCUT2D eigenvalue weighted by Gasteiger charge is -2.34. The number of hydrogen-bond acceptors (Lipinski definition) is 2. The SMILES string of the molecule is CC1c2cccn2CCN1C(=O)c1cc(-c2ccccc2)n[nH]1. The minimum absolute atomic E-state index is 0.000342. The predicted molar refractivity (Wildman–Crippen MR) is 87.9 cm³/mol. The monoisotopic (exact) mass is 306 g/mol. The molecular weight excluding hydrogens is 288 g/mol. The van der Waals surface area contributed by atoms with Gasteiger partial charge in [-0.25, -0.2) is 0 Å². The summed E-state index contributed by atoms with van der Waals surface area (Å²) in [6, 6.07) is 15.9. The summed E-state index contributed by atoms with van der Waals surface area (Å²) in [5, 5.41) is 7.18. The molecule has 2 aromatic heterocycles. The standard InChI is InChI=1S/C18H18N4O/c1-13-17-8-5-9-21(17)10-11-22(13)18(23)16-12-15(19-20-16)14-6-3-2-4-7-14/h2-9,12-13H,10-11H2,1H3,(H,19,20). The van der Waals surface area contributed by atoms with Crippen molar-refractivity contribution in [2.45, 2.75) is 19.5 Å². The normalized spacial score (nSPS) is 17.1. The van der Waals surface area contributed by atoms with Gasteiger partial charge >= 0.3 is 0 Å². The molecule has 1 atom stereocenters. The van der Waals surface area contributed by atoms with Crippen molar-refractivity contribution in [1.29, 1.82) is 0 Å². The lowest BCUT2D eigenvalue weighted by molar-refractivity contribution is 0.0638. The van der Waals surface area contributed by atoms with Crippen LogP contribution in [-0.4, -0.2) is 32.1 Å². The fraction of sp³-hybridized carbons (Fsp3) is 0.222. The Morgan fingerprint density at radius 3 is 2.83 bits per heavy atom. The highest BCUT2D eigenvalue weighted by Crippen LogP contribution is 2.27. The molecule has 1 aliphatic rings. The van der Waals surface area contributed by atoms with Crippen LogP contribution >= 0.6 is 0 Å². The van der Waals surface area contributed by atoms with E-state index in [1.54, 1.807) is 0 Å². The predicted octanol–water partition coefficient (Wildman–Crippen LogP) is 3.10. The summed E-state index contributed by atoms with van der Waals surface area (Å²) in [6.07, 6.45) is 2.07. The van der Waals surface area contributed by atoms with Gasteiger partial charge in [-0.2, -0.15) is 5.10 Å². The van der Waals surface area contributed by atoms with Crippen molar-refractivity contribution in [3.05, 3.63) is 66.1 Å². The van der Waals surface area contributed by atoms with Crippen molar-refractivity contribution in [1.82, 2.24) is 19.7 Å². The molecule has 0 spiro atoms. The summed E-state index contributed by atoms with van der Waals surface area (Å²) in [7, 11) is 0. The van der Waals surface area contributed by atoms with Crippen LogP contribution in [0.15, 0.2) is 54.7 Å². The minimum Gasteiger partial charge on any atom is -0.348 e. The maximum atomic E-state index is 12.8. The zero-order valence-corrected chi connectivity index (χ0v) is 12.9. The molecular formula is C18H18N4O. The summed E-state index contributed by atoms with van der Waals surface area (Å²) in [5.74, 6) is -0.000342. The number of aromatic amines is 1. The minimum atomic E-state index is -0.000342. The van der Waals surface area contributed by atoms with E-state index in [4.69, 9.17) is 0 Å².